The number of carbonyl (C=O) groups is 1. The molecule has 0 rings (SSSR count). The molecule has 0 aromatic carbocycles. The maximum Gasteiger partial charge on any atom is 0.304 e. The van der Waals surface area contributed by atoms with Gasteiger partial charge in [-0.25, -0.2) is 4.59 Å². The maximum absolute atomic E-state index is 10.2. The van der Waals surface area contributed by atoms with Gasteiger partial charge in [-0.2, -0.15) is 5.43 Å². The number of rotatable bonds is 6. The Morgan fingerprint density at radius 3 is 2.58 bits per heavy atom. The Morgan fingerprint density at radius 2 is 2.17 bits per heavy atom. The smallest absolute Gasteiger partial charge is 0.304 e. The molecule has 0 aromatic rings. The van der Waals surface area contributed by atoms with Crippen LogP contribution in [0.5, 0.6) is 0 Å². The second kappa shape index (κ2) is 5.35. The van der Waals surface area contributed by atoms with Crippen molar-refractivity contribution in [3.05, 3.63) is 0 Å². The SMILES string of the molecule is C[N+](C)(CCCl)NCCC(=O)O. The summed E-state index contributed by atoms with van der Waals surface area (Å²) in [5.74, 6) is -0.221. The Bertz CT molecular complexity index is 150. The van der Waals surface area contributed by atoms with Crippen LogP contribution in [0, 0.1) is 0 Å². The topological polar surface area (TPSA) is 49.3 Å². The Kier molecular flexibility index (Phi) is 5.20. The van der Waals surface area contributed by atoms with Crippen LogP contribution in [-0.4, -0.2) is 48.7 Å². The van der Waals surface area contributed by atoms with Crippen LogP contribution in [0.15, 0.2) is 0 Å². The van der Waals surface area contributed by atoms with Crippen LogP contribution < -0.4 is 5.43 Å². The molecule has 0 saturated heterocycles. The van der Waals surface area contributed by atoms with Crippen molar-refractivity contribution in [3.8, 4) is 0 Å². The molecular formula is C7H16ClN2O2+. The summed E-state index contributed by atoms with van der Waals surface area (Å²) >= 11 is 5.56. The predicted octanol–water partition coefficient (Wildman–Crippen LogP) is 0.281. The van der Waals surface area contributed by atoms with Crippen LogP contribution in [0.4, 0.5) is 0 Å². The first kappa shape index (κ1) is 11.7. The van der Waals surface area contributed by atoms with Gasteiger partial charge in [0.05, 0.1) is 32.9 Å². The van der Waals surface area contributed by atoms with E-state index >= 15 is 0 Å². The number of alkyl halides is 1. The first-order valence-corrected chi connectivity index (χ1v) is 4.37. The fourth-order valence-electron chi connectivity index (χ4n) is 0.756. The Morgan fingerprint density at radius 1 is 1.58 bits per heavy atom. The van der Waals surface area contributed by atoms with Gasteiger partial charge in [-0.05, 0) is 0 Å². The van der Waals surface area contributed by atoms with E-state index in [2.05, 4.69) is 5.43 Å². The van der Waals surface area contributed by atoms with E-state index < -0.39 is 5.97 Å². The van der Waals surface area contributed by atoms with Crippen molar-refractivity contribution in [1.82, 2.24) is 5.43 Å². The summed E-state index contributed by atoms with van der Waals surface area (Å²) in [7, 11) is 3.90. The number of quaternary nitrogens is 1. The molecule has 0 aromatic heterocycles. The molecule has 0 bridgehead atoms. The fourth-order valence-corrected chi connectivity index (χ4v) is 1.18. The summed E-state index contributed by atoms with van der Waals surface area (Å²) < 4.78 is 0.552. The summed E-state index contributed by atoms with van der Waals surface area (Å²) in [5.41, 5.74) is 3.06. The Labute approximate surface area is 77.7 Å². The van der Waals surface area contributed by atoms with Crippen LogP contribution in [0.2, 0.25) is 0 Å². The number of aliphatic carboxylic acids is 1. The first-order valence-electron chi connectivity index (χ1n) is 3.84. The molecule has 0 unspecified atom stereocenters. The summed E-state index contributed by atoms with van der Waals surface area (Å²) in [5, 5.41) is 8.37. The summed E-state index contributed by atoms with van der Waals surface area (Å²) in [6.45, 7) is 1.25. The zero-order chi connectivity index (χ0) is 9.61. The minimum absolute atomic E-state index is 0.143. The first-order chi connectivity index (χ1) is 5.48. The lowest BCUT2D eigenvalue weighted by Gasteiger charge is -2.28. The monoisotopic (exact) mass is 195 g/mol. The average Bonchev–Trinajstić information content (AvgIpc) is 1.85. The van der Waals surface area contributed by atoms with Gasteiger partial charge in [0, 0.05) is 0 Å². The zero-order valence-corrected chi connectivity index (χ0v) is 8.26. The normalized spacial score (nSPS) is 11.6. The highest BCUT2D eigenvalue weighted by atomic mass is 35.5. The van der Waals surface area contributed by atoms with Gasteiger partial charge >= 0.3 is 5.97 Å². The average molecular weight is 196 g/mol. The van der Waals surface area contributed by atoms with Crippen molar-refractivity contribution in [1.29, 1.82) is 0 Å². The van der Waals surface area contributed by atoms with Gasteiger partial charge in [-0.3, -0.25) is 4.79 Å². The van der Waals surface area contributed by atoms with Crippen molar-refractivity contribution in [2.75, 3.05) is 33.1 Å². The van der Waals surface area contributed by atoms with Crippen LogP contribution >= 0.6 is 11.6 Å². The number of nitrogens with zero attached hydrogens (tertiary/aromatic N) is 1. The number of halogens is 1. The molecule has 72 valence electrons. The van der Waals surface area contributed by atoms with E-state index in [-0.39, 0.29) is 6.42 Å². The lowest BCUT2D eigenvalue weighted by molar-refractivity contribution is -0.931. The lowest BCUT2D eigenvalue weighted by atomic mass is 10.4. The summed E-state index contributed by atoms with van der Waals surface area (Å²) in [4.78, 5) is 10.2. The summed E-state index contributed by atoms with van der Waals surface area (Å²) in [6, 6.07) is 0. The van der Waals surface area contributed by atoms with Crippen molar-refractivity contribution < 1.29 is 14.5 Å². The standard InChI is InChI=1S/C7H15ClN2O2/c1-10(2,6-4-8)9-5-3-7(11)12/h9H,3-6H2,1-2H3/p+1. The second-order valence-corrected chi connectivity index (χ2v) is 3.53. The van der Waals surface area contributed by atoms with E-state index in [0.29, 0.717) is 17.0 Å². The minimum atomic E-state index is -0.784. The van der Waals surface area contributed by atoms with Gasteiger partial charge in [-0.15, -0.1) is 11.6 Å². The zero-order valence-electron chi connectivity index (χ0n) is 7.51. The molecule has 0 aliphatic heterocycles. The van der Waals surface area contributed by atoms with Gasteiger partial charge in [0.15, 0.2) is 0 Å². The van der Waals surface area contributed by atoms with Crippen LogP contribution in [0.25, 0.3) is 0 Å². The molecule has 0 fully saturated rings. The number of carboxylic acid groups (broad SMARTS) is 1. The van der Waals surface area contributed by atoms with E-state index in [1.807, 2.05) is 14.1 Å². The van der Waals surface area contributed by atoms with Gasteiger partial charge < -0.3 is 5.11 Å². The highest BCUT2D eigenvalue weighted by molar-refractivity contribution is 6.17. The quantitative estimate of drug-likeness (QED) is 0.364. The molecule has 0 amide bonds. The third kappa shape index (κ3) is 6.39. The minimum Gasteiger partial charge on any atom is -0.481 e. The molecule has 0 spiro atoms. The van der Waals surface area contributed by atoms with E-state index in [0.717, 1.165) is 6.54 Å². The Hall–Kier alpha value is -0.320. The third-order valence-electron chi connectivity index (χ3n) is 1.52. The largest absolute Gasteiger partial charge is 0.481 e. The van der Waals surface area contributed by atoms with Crippen molar-refractivity contribution in [3.63, 3.8) is 0 Å². The van der Waals surface area contributed by atoms with E-state index in [1.54, 1.807) is 0 Å². The molecule has 5 heteroatoms. The van der Waals surface area contributed by atoms with Crippen LogP contribution in [-0.2, 0) is 4.79 Å². The van der Waals surface area contributed by atoms with Gasteiger partial charge in [0.1, 0.15) is 6.54 Å². The molecule has 0 radical (unpaired) electrons. The highest BCUT2D eigenvalue weighted by Gasteiger charge is 2.13. The molecule has 0 aliphatic carbocycles. The van der Waals surface area contributed by atoms with E-state index in [1.165, 1.54) is 0 Å². The van der Waals surface area contributed by atoms with E-state index in [4.69, 9.17) is 16.7 Å². The summed E-state index contributed by atoms with van der Waals surface area (Å²) in [6.07, 6.45) is 0.143. The fraction of sp³-hybridized carbons (Fsp3) is 0.857. The highest BCUT2D eigenvalue weighted by Crippen LogP contribution is 1.92. The number of hydrogen-bond donors (Lipinski definition) is 2. The Balaban J connectivity index is 3.53. The third-order valence-corrected chi connectivity index (χ3v) is 1.69. The molecular weight excluding hydrogens is 180 g/mol. The molecule has 4 nitrogen and oxygen atoms in total. The predicted molar refractivity (Wildman–Crippen MR) is 48.0 cm³/mol. The van der Waals surface area contributed by atoms with Gasteiger partial charge in [-0.1, -0.05) is 0 Å². The van der Waals surface area contributed by atoms with Crippen molar-refractivity contribution in [2.24, 2.45) is 0 Å². The lowest BCUT2D eigenvalue weighted by Crippen LogP contribution is -2.53. The van der Waals surface area contributed by atoms with Gasteiger partial charge in [0.25, 0.3) is 0 Å². The number of carboxylic acids is 1. The van der Waals surface area contributed by atoms with E-state index in [9.17, 15) is 4.79 Å². The molecule has 2 N–H and O–H groups in total. The number of hydrogen-bond acceptors (Lipinski definition) is 2. The molecule has 0 atom stereocenters. The maximum atomic E-state index is 10.2. The molecule has 12 heavy (non-hydrogen) atoms. The van der Waals surface area contributed by atoms with Gasteiger partial charge in [0.2, 0.25) is 0 Å². The number of nitrogens with one attached hydrogen (secondary N) is 1. The molecule has 0 aliphatic rings. The molecule has 0 heterocycles. The van der Waals surface area contributed by atoms with Crippen LogP contribution in [0.1, 0.15) is 6.42 Å². The van der Waals surface area contributed by atoms with Crippen LogP contribution in [0.3, 0.4) is 0 Å². The van der Waals surface area contributed by atoms with Crippen molar-refractivity contribution in [2.45, 2.75) is 6.42 Å². The second-order valence-electron chi connectivity index (χ2n) is 3.15. The molecule has 0 saturated carbocycles. The van der Waals surface area contributed by atoms with Crippen molar-refractivity contribution >= 4 is 17.6 Å².